The van der Waals surface area contributed by atoms with E-state index in [0.717, 1.165) is 17.3 Å². The van der Waals surface area contributed by atoms with Gasteiger partial charge in [-0.25, -0.2) is 14.5 Å². The highest BCUT2D eigenvalue weighted by molar-refractivity contribution is 8.15. The van der Waals surface area contributed by atoms with Gasteiger partial charge in [0.15, 0.2) is 11.0 Å². The quantitative estimate of drug-likeness (QED) is 0.225. The Labute approximate surface area is 258 Å². The molecule has 0 bridgehead atoms. The normalized spacial score (nSPS) is 14.4. The van der Waals surface area contributed by atoms with E-state index in [2.05, 4.69) is 25.1 Å². The predicted octanol–water partition coefficient (Wildman–Crippen LogP) is 7.29. The molecule has 1 saturated heterocycles. The second-order valence-corrected chi connectivity index (χ2v) is 11.0. The molecule has 44 heavy (non-hydrogen) atoms. The van der Waals surface area contributed by atoms with Crippen molar-refractivity contribution in [3.63, 3.8) is 0 Å². The molecule has 5 rings (SSSR count). The van der Waals surface area contributed by atoms with Crippen LogP contribution >= 0.6 is 23.4 Å². The number of thioether (sulfide) groups is 1. The Hall–Kier alpha value is -4.56. The summed E-state index contributed by atoms with van der Waals surface area (Å²) in [7, 11) is 1.53. The molecule has 1 N–H and O–H groups in total. The summed E-state index contributed by atoms with van der Waals surface area (Å²) in [6.45, 7) is 4.00. The first-order chi connectivity index (χ1) is 20.9. The van der Waals surface area contributed by atoms with Gasteiger partial charge in [0.05, 0.1) is 34.9 Å². The van der Waals surface area contributed by atoms with E-state index in [4.69, 9.17) is 16.3 Å². The highest BCUT2D eigenvalue weighted by Gasteiger charge is 2.33. The van der Waals surface area contributed by atoms with Crippen molar-refractivity contribution in [2.24, 2.45) is 4.99 Å². The van der Waals surface area contributed by atoms with Crippen LogP contribution in [0.25, 0.3) is 17.1 Å². The van der Waals surface area contributed by atoms with E-state index in [1.807, 2.05) is 26.0 Å². The molecule has 15 heteroatoms. The van der Waals surface area contributed by atoms with E-state index in [1.165, 1.54) is 47.3 Å². The van der Waals surface area contributed by atoms with Crippen molar-refractivity contribution in [2.45, 2.75) is 26.1 Å². The molecule has 1 aliphatic rings. The Morgan fingerprint density at radius 2 is 1.82 bits per heavy atom. The van der Waals surface area contributed by atoms with Crippen LogP contribution in [0.3, 0.4) is 0 Å². The number of hydrogen-bond donors (Lipinski definition) is 1. The first-order valence-electron chi connectivity index (χ1n) is 13.0. The Bertz CT molecular complexity index is 1740. The monoisotopic (exact) mass is 644 g/mol. The maximum Gasteiger partial charge on any atom is 0.573 e. The molecule has 0 aliphatic carbocycles. The van der Waals surface area contributed by atoms with Gasteiger partial charge in [-0.2, -0.15) is 4.99 Å². The fourth-order valence-electron chi connectivity index (χ4n) is 4.32. The van der Waals surface area contributed by atoms with Gasteiger partial charge < -0.3 is 14.8 Å². The van der Waals surface area contributed by atoms with Gasteiger partial charge in [-0.3, -0.25) is 9.69 Å². The first-order valence-corrected chi connectivity index (χ1v) is 14.4. The highest BCUT2D eigenvalue weighted by Crippen LogP contribution is 2.36. The number of aromatic nitrogens is 3. The van der Waals surface area contributed by atoms with Crippen molar-refractivity contribution in [1.82, 2.24) is 14.8 Å². The number of rotatable bonds is 7. The number of carbonyl (C=O) groups is 2. The van der Waals surface area contributed by atoms with Gasteiger partial charge in [0.2, 0.25) is 5.91 Å². The largest absolute Gasteiger partial charge is 0.573 e. The van der Waals surface area contributed by atoms with E-state index >= 15 is 0 Å². The molecule has 0 spiro atoms. The number of benzene rings is 3. The second kappa shape index (κ2) is 12.6. The van der Waals surface area contributed by atoms with Crippen LogP contribution < -0.4 is 19.7 Å². The summed E-state index contributed by atoms with van der Waals surface area (Å²) in [5.74, 6) is 0.510. The minimum atomic E-state index is -4.79. The second-order valence-electron chi connectivity index (χ2n) is 9.67. The number of hydrogen-bond acceptors (Lipinski definition) is 7. The lowest BCUT2D eigenvalue weighted by molar-refractivity contribution is -0.274. The van der Waals surface area contributed by atoms with E-state index in [9.17, 15) is 22.8 Å². The molecule has 3 amide bonds. The Kier molecular flexibility index (Phi) is 8.83. The third-order valence-corrected chi connectivity index (χ3v) is 7.59. The van der Waals surface area contributed by atoms with Gasteiger partial charge in [-0.05, 0) is 60.0 Å². The van der Waals surface area contributed by atoms with Crippen LogP contribution in [-0.4, -0.2) is 51.1 Å². The summed E-state index contributed by atoms with van der Waals surface area (Å²) in [5.41, 5.74) is 2.75. The fraction of sp³-hybridized carbons (Fsp3) is 0.207. The zero-order valence-corrected chi connectivity index (χ0v) is 25.0. The third-order valence-electron chi connectivity index (χ3n) is 6.36. The van der Waals surface area contributed by atoms with Crippen molar-refractivity contribution >= 4 is 51.8 Å². The maximum absolute atomic E-state index is 12.9. The number of amidine groups is 1. The lowest BCUT2D eigenvalue weighted by atomic mass is 10.00. The molecule has 3 aromatic carbocycles. The van der Waals surface area contributed by atoms with E-state index in [0.29, 0.717) is 22.7 Å². The Balaban J connectivity index is 1.31. The molecule has 10 nitrogen and oxygen atoms in total. The van der Waals surface area contributed by atoms with E-state index in [1.54, 1.807) is 24.3 Å². The van der Waals surface area contributed by atoms with Crippen molar-refractivity contribution < 1.29 is 32.2 Å². The van der Waals surface area contributed by atoms with Crippen LogP contribution in [0.15, 0.2) is 72.0 Å². The maximum atomic E-state index is 12.9. The highest BCUT2D eigenvalue weighted by atomic mass is 35.5. The number of halogens is 4. The molecule has 0 saturated carbocycles. The number of carbonyl (C=O) groups excluding carboxylic acids is 2. The van der Waals surface area contributed by atoms with Crippen molar-refractivity contribution in [2.75, 3.05) is 23.1 Å². The zero-order chi connectivity index (χ0) is 31.6. The van der Waals surface area contributed by atoms with Crippen molar-refractivity contribution in [1.29, 1.82) is 0 Å². The van der Waals surface area contributed by atoms with E-state index in [-0.39, 0.29) is 45.0 Å². The number of aliphatic imine (C=N–C) groups is 1. The van der Waals surface area contributed by atoms with Crippen LogP contribution in [0.2, 0.25) is 5.02 Å². The van der Waals surface area contributed by atoms with Crippen LogP contribution in [0.4, 0.5) is 29.3 Å². The fourth-order valence-corrected chi connectivity index (χ4v) is 5.41. The summed E-state index contributed by atoms with van der Waals surface area (Å²) in [4.78, 5) is 35.6. The number of ether oxygens (including phenoxy) is 2. The van der Waals surface area contributed by atoms with Gasteiger partial charge in [0, 0.05) is 11.6 Å². The van der Waals surface area contributed by atoms with Gasteiger partial charge in [0.25, 0.3) is 0 Å². The standard InChI is InChI=1S/C29H24ClF3N6O4S/c1-16(2)21-10-9-20(42-3)13-24(21)39-25(40)14-44-28(39)36-27(41)35-23-11-4-17(12-22(23)30)26-34-15-38(37-26)18-5-7-19(8-6-18)43-29(31,32)33/h4-13,15-16H,14H2,1-3H3,(H,35,41)/b36-28-. The number of methoxy groups -OCH3 is 1. The molecule has 4 aromatic rings. The van der Waals surface area contributed by atoms with Crippen LogP contribution in [0.5, 0.6) is 11.5 Å². The molecular weight excluding hydrogens is 621 g/mol. The minimum absolute atomic E-state index is 0.0982. The number of urea groups is 1. The Morgan fingerprint density at radius 1 is 1.09 bits per heavy atom. The molecule has 2 heterocycles. The molecule has 1 aromatic heterocycles. The molecule has 0 unspecified atom stereocenters. The van der Waals surface area contributed by atoms with Crippen LogP contribution in [-0.2, 0) is 4.79 Å². The third kappa shape index (κ3) is 6.97. The molecule has 0 atom stereocenters. The average molecular weight is 645 g/mol. The summed E-state index contributed by atoms with van der Waals surface area (Å²) < 4.78 is 47.9. The zero-order valence-electron chi connectivity index (χ0n) is 23.4. The average Bonchev–Trinajstić information content (AvgIpc) is 3.60. The lowest BCUT2D eigenvalue weighted by Crippen LogP contribution is -2.31. The molecular formula is C29H24ClF3N6O4S. The molecule has 1 fully saturated rings. The summed E-state index contributed by atoms with van der Waals surface area (Å²) in [6, 6.07) is 14.6. The van der Waals surface area contributed by atoms with Gasteiger partial charge in [-0.15, -0.1) is 18.3 Å². The van der Waals surface area contributed by atoms with Gasteiger partial charge in [-0.1, -0.05) is 43.3 Å². The molecule has 228 valence electrons. The number of anilines is 2. The first kappa shape index (κ1) is 30.9. The van der Waals surface area contributed by atoms with Gasteiger partial charge >= 0.3 is 12.4 Å². The summed E-state index contributed by atoms with van der Waals surface area (Å²) >= 11 is 7.61. The molecule has 1 aliphatic heterocycles. The summed E-state index contributed by atoms with van der Waals surface area (Å²) in [5, 5.41) is 7.41. The number of nitrogens with one attached hydrogen (secondary N) is 1. The van der Waals surface area contributed by atoms with E-state index < -0.39 is 12.4 Å². The molecule has 0 radical (unpaired) electrons. The minimum Gasteiger partial charge on any atom is -0.497 e. The number of nitrogens with zero attached hydrogens (tertiary/aromatic N) is 5. The topological polar surface area (TPSA) is 111 Å². The SMILES string of the molecule is COc1ccc(C(C)C)c(N2C(=O)CS/C2=N\C(=O)Nc2ccc(-c3ncn(-c4ccc(OC(F)(F)F)cc4)n3)cc2Cl)c1. The van der Waals surface area contributed by atoms with Crippen LogP contribution in [0.1, 0.15) is 25.3 Å². The van der Waals surface area contributed by atoms with Crippen molar-refractivity contribution in [3.05, 3.63) is 77.6 Å². The van der Waals surface area contributed by atoms with Crippen LogP contribution in [0, 0.1) is 0 Å². The van der Waals surface area contributed by atoms with Crippen molar-refractivity contribution in [3.8, 4) is 28.6 Å². The lowest BCUT2D eigenvalue weighted by Gasteiger charge is -2.22. The predicted molar refractivity (Wildman–Crippen MR) is 162 cm³/mol. The smallest absolute Gasteiger partial charge is 0.497 e. The Morgan fingerprint density at radius 3 is 2.48 bits per heavy atom. The number of amides is 3. The number of alkyl halides is 3. The van der Waals surface area contributed by atoms with Gasteiger partial charge in [0.1, 0.15) is 17.8 Å². The summed E-state index contributed by atoms with van der Waals surface area (Å²) in [6.07, 6.45) is -3.39.